The third kappa shape index (κ3) is 5.11. The lowest BCUT2D eigenvalue weighted by Crippen LogP contribution is -2.31. The Morgan fingerprint density at radius 1 is 1.16 bits per heavy atom. The molecule has 4 rings (SSSR count). The first-order chi connectivity index (χ1) is 15.5. The van der Waals surface area contributed by atoms with Crippen molar-refractivity contribution in [2.24, 2.45) is 0 Å². The van der Waals surface area contributed by atoms with Crippen LogP contribution in [0, 0.1) is 0 Å². The highest BCUT2D eigenvalue weighted by Crippen LogP contribution is 2.24. The van der Waals surface area contributed by atoms with Crippen LogP contribution in [-0.2, 0) is 11.3 Å². The second-order valence-electron chi connectivity index (χ2n) is 7.61. The molecule has 4 aromatic rings. The maximum atomic E-state index is 12.2. The van der Waals surface area contributed by atoms with Gasteiger partial charge in [-0.1, -0.05) is 42.1 Å². The maximum Gasteiger partial charge on any atom is 0.258 e. The van der Waals surface area contributed by atoms with Gasteiger partial charge in [0.25, 0.3) is 5.91 Å². The number of hydrogen-bond acceptors (Lipinski definition) is 7. The van der Waals surface area contributed by atoms with E-state index in [0.717, 1.165) is 27.6 Å². The lowest BCUT2D eigenvalue weighted by atomic mass is 10.1. The number of fused-ring (bicyclic) bond motifs is 2. The lowest BCUT2D eigenvalue weighted by molar-refractivity contribution is -0.123. The molecule has 0 aliphatic carbocycles. The van der Waals surface area contributed by atoms with E-state index in [-0.39, 0.29) is 18.6 Å². The van der Waals surface area contributed by atoms with Gasteiger partial charge < -0.3 is 15.4 Å². The first-order valence-electron chi connectivity index (χ1n) is 10.5. The summed E-state index contributed by atoms with van der Waals surface area (Å²) in [5, 5.41) is 14.4. The second kappa shape index (κ2) is 9.86. The van der Waals surface area contributed by atoms with E-state index in [4.69, 9.17) is 4.74 Å². The smallest absolute Gasteiger partial charge is 0.258 e. The Bertz CT molecular complexity index is 1240. The number of thioether (sulfide) groups is 1. The Morgan fingerprint density at radius 3 is 2.75 bits per heavy atom. The predicted octanol–water partition coefficient (Wildman–Crippen LogP) is 3.72. The zero-order valence-corrected chi connectivity index (χ0v) is 19.1. The Kier molecular flexibility index (Phi) is 6.75. The largest absolute Gasteiger partial charge is 0.484 e. The Balaban J connectivity index is 1.34. The number of hydrogen-bond donors (Lipinski definition) is 2. The van der Waals surface area contributed by atoms with Crippen LogP contribution >= 0.6 is 11.8 Å². The van der Waals surface area contributed by atoms with Crippen molar-refractivity contribution in [3.05, 3.63) is 48.7 Å². The number of ether oxygens (including phenoxy) is 1. The van der Waals surface area contributed by atoms with E-state index in [1.165, 1.54) is 11.8 Å². The Hall–Kier alpha value is -3.33. The molecule has 0 fully saturated rings. The quantitative estimate of drug-likeness (QED) is 0.296. The number of aromatic nitrogens is 4. The molecule has 0 spiro atoms. The van der Waals surface area contributed by atoms with Crippen LogP contribution < -0.4 is 15.4 Å². The van der Waals surface area contributed by atoms with Crippen LogP contribution in [0.15, 0.2) is 53.8 Å². The molecule has 0 bridgehead atoms. The zero-order valence-electron chi connectivity index (χ0n) is 18.3. The standard InChI is InChI=1S/C23H26N6O2S/c1-15(2)26-21-19-13-25-29(22(19)28-23(27-21)32-3)11-10-24-20(30)14-31-18-9-8-16-6-4-5-7-17(16)12-18/h4-9,12-13,15H,10-11,14H2,1-3H3,(H,24,30)(H,26,27,28). The lowest BCUT2D eigenvalue weighted by Gasteiger charge is -2.11. The third-order valence-electron chi connectivity index (χ3n) is 4.82. The maximum absolute atomic E-state index is 12.2. The summed E-state index contributed by atoms with van der Waals surface area (Å²) in [6.45, 7) is 5.00. The summed E-state index contributed by atoms with van der Waals surface area (Å²) in [7, 11) is 0. The number of benzene rings is 2. The number of nitrogens with zero attached hydrogens (tertiary/aromatic N) is 4. The molecule has 2 aromatic heterocycles. The van der Waals surface area contributed by atoms with E-state index >= 15 is 0 Å². The van der Waals surface area contributed by atoms with E-state index in [1.54, 1.807) is 10.9 Å². The summed E-state index contributed by atoms with van der Waals surface area (Å²) < 4.78 is 7.44. The summed E-state index contributed by atoms with van der Waals surface area (Å²) in [5.74, 6) is 1.26. The fourth-order valence-corrected chi connectivity index (χ4v) is 3.69. The molecule has 0 unspecified atom stereocenters. The number of rotatable bonds is 9. The first kappa shape index (κ1) is 21.9. The van der Waals surface area contributed by atoms with Gasteiger partial charge in [-0.05, 0) is 43.0 Å². The molecule has 0 aliphatic rings. The molecule has 2 aromatic carbocycles. The van der Waals surface area contributed by atoms with E-state index in [2.05, 4.69) is 39.5 Å². The van der Waals surface area contributed by atoms with Crippen LogP contribution in [0.5, 0.6) is 5.75 Å². The minimum atomic E-state index is -0.184. The van der Waals surface area contributed by atoms with Crippen LogP contribution in [0.25, 0.3) is 21.8 Å². The molecule has 8 nitrogen and oxygen atoms in total. The van der Waals surface area contributed by atoms with Crippen molar-refractivity contribution in [1.29, 1.82) is 0 Å². The van der Waals surface area contributed by atoms with Crippen molar-refractivity contribution >= 4 is 45.3 Å². The highest BCUT2D eigenvalue weighted by Gasteiger charge is 2.13. The fraction of sp³-hybridized carbons (Fsp3) is 0.304. The van der Waals surface area contributed by atoms with Gasteiger partial charge in [0.15, 0.2) is 17.4 Å². The third-order valence-corrected chi connectivity index (χ3v) is 5.37. The highest BCUT2D eigenvalue weighted by molar-refractivity contribution is 7.98. The minimum Gasteiger partial charge on any atom is -0.484 e. The average molecular weight is 451 g/mol. The molecule has 0 atom stereocenters. The van der Waals surface area contributed by atoms with Crippen LogP contribution in [0.4, 0.5) is 5.82 Å². The first-order valence-corrected chi connectivity index (χ1v) is 11.7. The monoisotopic (exact) mass is 450 g/mol. The average Bonchev–Trinajstić information content (AvgIpc) is 3.20. The van der Waals surface area contributed by atoms with E-state index in [1.807, 2.05) is 48.7 Å². The normalized spacial score (nSPS) is 11.2. The fourth-order valence-electron chi connectivity index (χ4n) is 3.33. The van der Waals surface area contributed by atoms with E-state index in [0.29, 0.717) is 24.0 Å². The number of carbonyl (C=O) groups excluding carboxylic acids is 1. The summed E-state index contributed by atoms with van der Waals surface area (Å²) in [5.41, 5.74) is 0.745. The number of amides is 1. The van der Waals surface area contributed by atoms with E-state index in [9.17, 15) is 4.79 Å². The van der Waals surface area contributed by atoms with Gasteiger partial charge in [0, 0.05) is 12.6 Å². The van der Waals surface area contributed by atoms with Crippen LogP contribution in [-0.4, -0.2) is 51.1 Å². The Morgan fingerprint density at radius 2 is 1.97 bits per heavy atom. The summed E-state index contributed by atoms with van der Waals surface area (Å²) in [6, 6.07) is 14.1. The molecule has 32 heavy (non-hydrogen) atoms. The molecular formula is C23H26N6O2S. The summed E-state index contributed by atoms with van der Waals surface area (Å²) in [6.07, 6.45) is 3.70. The highest BCUT2D eigenvalue weighted by atomic mass is 32.2. The van der Waals surface area contributed by atoms with Gasteiger partial charge in [-0.2, -0.15) is 5.10 Å². The van der Waals surface area contributed by atoms with Crippen LogP contribution in [0.2, 0.25) is 0 Å². The molecule has 2 heterocycles. The van der Waals surface area contributed by atoms with Gasteiger partial charge in [-0.15, -0.1) is 0 Å². The summed E-state index contributed by atoms with van der Waals surface area (Å²) >= 11 is 1.48. The molecule has 2 N–H and O–H groups in total. The van der Waals surface area contributed by atoms with Gasteiger partial charge >= 0.3 is 0 Å². The van der Waals surface area contributed by atoms with Gasteiger partial charge in [-0.3, -0.25) is 4.79 Å². The molecule has 0 aliphatic heterocycles. The van der Waals surface area contributed by atoms with Crippen molar-refractivity contribution in [2.45, 2.75) is 31.6 Å². The molecule has 0 radical (unpaired) electrons. The number of carbonyl (C=O) groups is 1. The van der Waals surface area contributed by atoms with Crippen LogP contribution in [0.3, 0.4) is 0 Å². The molecule has 9 heteroatoms. The molecular weight excluding hydrogens is 424 g/mol. The number of nitrogens with one attached hydrogen (secondary N) is 2. The van der Waals surface area contributed by atoms with Crippen molar-refractivity contribution in [2.75, 3.05) is 24.7 Å². The van der Waals surface area contributed by atoms with Gasteiger partial charge in [0.05, 0.1) is 18.1 Å². The van der Waals surface area contributed by atoms with Crippen molar-refractivity contribution < 1.29 is 9.53 Å². The van der Waals surface area contributed by atoms with Gasteiger partial charge in [0.1, 0.15) is 11.6 Å². The molecule has 0 saturated carbocycles. The van der Waals surface area contributed by atoms with Crippen molar-refractivity contribution in [1.82, 2.24) is 25.1 Å². The predicted molar refractivity (Wildman–Crippen MR) is 128 cm³/mol. The molecule has 1 amide bonds. The topological polar surface area (TPSA) is 94.0 Å². The minimum absolute atomic E-state index is 0.0422. The molecule has 0 saturated heterocycles. The Labute approximate surface area is 190 Å². The van der Waals surface area contributed by atoms with E-state index < -0.39 is 0 Å². The number of anilines is 1. The summed E-state index contributed by atoms with van der Waals surface area (Å²) in [4.78, 5) is 21.4. The second-order valence-corrected chi connectivity index (χ2v) is 8.38. The van der Waals surface area contributed by atoms with Crippen molar-refractivity contribution in [3.8, 4) is 5.75 Å². The molecule has 166 valence electrons. The van der Waals surface area contributed by atoms with Crippen LogP contribution in [0.1, 0.15) is 13.8 Å². The van der Waals surface area contributed by atoms with Gasteiger partial charge in [0.2, 0.25) is 0 Å². The SMILES string of the molecule is CSc1nc(NC(C)C)c2cnn(CCNC(=O)COc3ccc4ccccc4c3)c2n1. The van der Waals surface area contributed by atoms with Crippen molar-refractivity contribution in [3.63, 3.8) is 0 Å². The zero-order chi connectivity index (χ0) is 22.5. The van der Waals surface area contributed by atoms with Gasteiger partial charge in [-0.25, -0.2) is 14.6 Å².